The van der Waals surface area contributed by atoms with Crippen molar-refractivity contribution >= 4 is 11.3 Å². The van der Waals surface area contributed by atoms with Gasteiger partial charge in [-0.3, -0.25) is 0 Å². The highest BCUT2D eigenvalue weighted by molar-refractivity contribution is 7.07. The van der Waals surface area contributed by atoms with Crippen LogP contribution in [0.4, 0.5) is 4.39 Å². The second-order valence-electron chi connectivity index (χ2n) is 4.13. The lowest BCUT2D eigenvalue weighted by Gasteiger charge is -2.14. The minimum Gasteiger partial charge on any atom is -0.494 e. The van der Waals surface area contributed by atoms with Crippen LogP contribution in [0.5, 0.6) is 5.75 Å². The highest BCUT2D eigenvalue weighted by Gasteiger charge is 2.09. The fourth-order valence-corrected chi connectivity index (χ4v) is 2.40. The van der Waals surface area contributed by atoms with Crippen molar-refractivity contribution in [3.63, 3.8) is 0 Å². The van der Waals surface area contributed by atoms with Crippen LogP contribution in [-0.4, -0.2) is 7.11 Å². The van der Waals surface area contributed by atoms with E-state index in [1.54, 1.807) is 17.4 Å². The topological polar surface area (TPSA) is 21.3 Å². The Labute approximate surface area is 110 Å². The Hall–Kier alpha value is -1.39. The number of benzene rings is 1. The molecule has 1 atom stereocenters. The van der Waals surface area contributed by atoms with Crippen molar-refractivity contribution in [2.45, 2.75) is 19.5 Å². The third-order valence-corrected chi connectivity index (χ3v) is 3.60. The van der Waals surface area contributed by atoms with Crippen molar-refractivity contribution in [2.24, 2.45) is 0 Å². The number of hydrogen-bond acceptors (Lipinski definition) is 3. The Balaban J connectivity index is 2.00. The first-order chi connectivity index (χ1) is 8.70. The minimum absolute atomic E-state index is 0.102. The van der Waals surface area contributed by atoms with Crippen LogP contribution in [-0.2, 0) is 6.54 Å². The molecule has 0 aliphatic rings. The third kappa shape index (κ3) is 3.09. The Bertz CT molecular complexity index is 499. The first-order valence-electron chi connectivity index (χ1n) is 5.78. The molecule has 2 rings (SSSR count). The van der Waals surface area contributed by atoms with Gasteiger partial charge in [-0.15, -0.1) is 0 Å². The summed E-state index contributed by atoms with van der Waals surface area (Å²) in [6, 6.07) is 7.24. The molecule has 1 N–H and O–H groups in total. The van der Waals surface area contributed by atoms with Gasteiger partial charge in [-0.05, 0) is 47.0 Å². The average Bonchev–Trinajstić information content (AvgIpc) is 2.89. The van der Waals surface area contributed by atoms with Gasteiger partial charge in [0.15, 0.2) is 11.6 Å². The number of rotatable bonds is 5. The summed E-state index contributed by atoms with van der Waals surface area (Å²) in [4.78, 5) is 0. The first-order valence-corrected chi connectivity index (χ1v) is 6.73. The molecule has 2 aromatic rings. The molecule has 1 aromatic carbocycles. The average molecular weight is 265 g/mol. The number of halogens is 1. The van der Waals surface area contributed by atoms with E-state index in [0.717, 1.165) is 12.1 Å². The highest BCUT2D eigenvalue weighted by atomic mass is 32.1. The van der Waals surface area contributed by atoms with E-state index in [0.29, 0.717) is 0 Å². The predicted octanol–water partition coefficient (Wildman–Crippen LogP) is 3.75. The summed E-state index contributed by atoms with van der Waals surface area (Å²) >= 11 is 1.68. The van der Waals surface area contributed by atoms with Crippen LogP contribution in [0.15, 0.2) is 35.0 Å². The van der Waals surface area contributed by atoms with Crippen molar-refractivity contribution in [2.75, 3.05) is 7.11 Å². The maximum atomic E-state index is 13.6. The van der Waals surface area contributed by atoms with Crippen LogP contribution in [0, 0.1) is 5.82 Å². The second kappa shape index (κ2) is 5.98. The summed E-state index contributed by atoms with van der Waals surface area (Å²) in [5.74, 6) is -0.0389. The lowest BCUT2D eigenvalue weighted by atomic mass is 10.1. The van der Waals surface area contributed by atoms with Gasteiger partial charge in [0, 0.05) is 12.6 Å². The number of thiophene rings is 1. The van der Waals surface area contributed by atoms with E-state index in [1.807, 2.05) is 13.0 Å². The van der Waals surface area contributed by atoms with Crippen LogP contribution in [0.1, 0.15) is 24.1 Å². The van der Waals surface area contributed by atoms with Gasteiger partial charge in [0.2, 0.25) is 0 Å². The van der Waals surface area contributed by atoms with E-state index in [2.05, 4.69) is 22.1 Å². The second-order valence-corrected chi connectivity index (χ2v) is 4.91. The Morgan fingerprint density at radius 2 is 2.22 bits per heavy atom. The van der Waals surface area contributed by atoms with E-state index in [9.17, 15) is 4.39 Å². The molecule has 0 radical (unpaired) electrons. The summed E-state index contributed by atoms with van der Waals surface area (Å²) in [7, 11) is 1.47. The Morgan fingerprint density at radius 3 is 2.83 bits per heavy atom. The molecule has 0 spiro atoms. The molecule has 0 saturated carbocycles. The smallest absolute Gasteiger partial charge is 0.165 e. The molecule has 0 fully saturated rings. The molecule has 1 unspecified atom stereocenters. The van der Waals surface area contributed by atoms with Gasteiger partial charge in [0.05, 0.1) is 7.11 Å². The van der Waals surface area contributed by atoms with E-state index in [1.165, 1.54) is 18.7 Å². The van der Waals surface area contributed by atoms with Gasteiger partial charge in [-0.1, -0.05) is 6.07 Å². The number of nitrogens with one attached hydrogen (secondary N) is 1. The minimum atomic E-state index is -0.320. The van der Waals surface area contributed by atoms with Crippen molar-refractivity contribution in [3.05, 3.63) is 52.0 Å². The zero-order valence-electron chi connectivity index (χ0n) is 10.4. The van der Waals surface area contributed by atoms with Crippen LogP contribution < -0.4 is 10.1 Å². The molecular weight excluding hydrogens is 249 g/mol. The molecule has 0 aliphatic carbocycles. The largest absolute Gasteiger partial charge is 0.494 e. The predicted molar refractivity (Wildman–Crippen MR) is 72.5 cm³/mol. The van der Waals surface area contributed by atoms with E-state index >= 15 is 0 Å². The summed E-state index contributed by atoms with van der Waals surface area (Å²) in [5, 5.41) is 7.52. The lowest BCUT2D eigenvalue weighted by Crippen LogP contribution is -2.17. The van der Waals surface area contributed by atoms with Crippen LogP contribution in [0.3, 0.4) is 0 Å². The Morgan fingerprint density at radius 1 is 1.39 bits per heavy atom. The zero-order chi connectivity index (χ0) is 13.0. The quantitative estimate of drug-likeness (QED) is 0.889. The molecule has 2 nitrogen and oxygen atoms in total. The fraction of sp³-hybridized carbons (Fsp3) is 0.286. The third-order valence-electron chi connectivity index (χ3n) is 2.87. The zero-order valence-corrected chi connectivity index (χ0v) is 11.3. The number of methoxy groups -OCH3 is 1. The molecule has 1 heterocycles. The van der Waals surface area contributed by atoms with Gasteiger partial charge in [0.1, 0.15) is 0 Å². The fourth-order valence-electron chi connectivity index (χ4n) is 1.73. The summed E-state index contributed by atoms with van der Waals surface area (Å²) in [6.07, 6.45) is 0. The van der Waals surface area contributed by atoms with Gasteiger partial charge in [0.25, 0.3) is 0 Å². The summed E-state index contributed by atoms with van der Waals surface area (Å²) < 4.78 is 18.5. The highest BCUT2D eigenvalue weighted by Crippen LogP contribution is 2.22. The van der Waals surface area contributed by atoms with E-state index in [-0.39, 0.29) is 17.6 Å². The molecule has 4 heteroatoms. The number of ether oxygens (including phenoxy) is 1. The molecule has 96 valence electrons. The van der Waals surface area contributed by atoms with E-state index in [4.69, 9.17) is 4.74 Å². The van der Waals surface area contributed by atoms with Crippen LogP contribution in [0.2, 0.25) is 0 Å². The van der Waals surface area contributed by atoms with Crippen molar-refractivity contribution in [3.8, 4) is 5.75 Å². The van der Waals surface area contributed by atoms with Crippen molar-refractivity contribution in [1.29, 1.82) is 0 Å². The standard InChI is InChI=1S/C14H16FNOS/c1-10(16-8-11-5-6-18-9-11)12-3-4-14(17-2)13(15)7-12/h3-7,9-10,16H,8H2,1-2H3. The molecule has 0 saturated heterocycles. The first kappa shape index (κ1) is 13.1. The van der Waals surface area contributed by atoms with Crippen molar-refractivity contribution < 1.29 is 9.13 Å². The van der Waals surface area contributed by atoms with Crippen LogP contribution in [0.25, 0.3) is 0 Å². The van der Waals surface area contributed by atoms with Crippen LogP contribution >= 0.6 is 11.3 Å². The van der Waals surface area contributed by atoms with Crippen molar-refractivity contribution in [1.82, 2.24) is 5.32 Å². The monoisotopic (exact) mass is 265 g/mol. The van der Waals surface area contributed by atoms with Gasteiger partial charge in [-0.25, -0.2) is 4.39 Å². The molecule has 0 aliphatic heterocycles. The molecule has 0 bridgehead atoms. The molecular formula is C14H16FNOS. The molecule has 0 amide bonds. The normalized spacial score (nSPS) is 12.4. The lowest BCUT2D eigenvalue weighted by molar-refractivity contribution is 0.385. The van der Waals surface area contributed by atoms with Gasteiger partial charge < -0.3 is 10.1 Å². The van der Waals surface area contributed by atoms with Gasteiger partial charge >= 0.3 is 0 Å². The summed E-state index contributed by atoms with van der Waals surface area (Å²) in [5.41, 5.74) is 2.17. The molecule has 18 heavy (non-hydrogen) atoms. The maximum Gasteiger partial charge on any atom is 0.165 e. The van der Waals surface area contributed by atoms with E-state index < -0.39 is 0 Å². The molecule has 1 aromatic heterocycles. The van der Waals surface area contributed by atoms with Gasteiger partial charge in [-0.2, -0.15) is 11.3 Å². The summed E-state index contributed by atoms with van der Waals surface area (Å²) in [6.45, 7) is 2.81. The Kier molecular flexibility index (Phi) is 4.33. The SMILES string of the molecule is COc1ccc(C(C)NCc2ccsc2)cc1F. The number of hydrogen-bond donors (Lipinski definition) is 1. The maximum absolute atomic E-state index is 13.6.